The molecule has 4 nitrogen and oxygen atoms in total. The summed E-state index contributed by atoms with van der Waals surface area (Å²) in [6.45, 7) is 1.06. The van der Waals surface area contributed by atoms with E-state index >= 15 is 0 Å². The van der Waals surface area contributed by atoms with Crippen LogP contribution in [0.3, 0.4) is 0 Å². The van der Waals surface area contributed by atoms with Gasteiger partial charge in [0.2, 0.25) is 0 Å². The molecule has 0 spiro atoms. The summed E-state index contributed by atoms with van der Waals surface area (Å²) in [5.74, 6) is 0.701. The van der Waals surface area contributed by atoms with Gasteiger partial charge < -0.3 is 19.9 Å². The predicted molar refractivity (Wildman–Crippen MR) is 77.6 cm³/mol. The zero-order valence-electron chi connectivity index (χ0n) is 11.1. The SMILES string of the molecule is Nc1cc2c(cc1COc1c(F)cccc1Cl)OCCO2. The van der Waals surface area contributed by atoms with Gasteiger partial charge in [-0.25, -0.2) is 4.39 Å². The molecular formula is C15H13ClFNO3. The highest BCUT2D eigenvalue weighted by molar-refractivity contribution is 6.32. The number of rotatable bonds is 3. The Morgan fingerprint density at radius 2 is 1.90 bits per heavy atom. The lowest BCUT2D eigenvalue weighted by molar-refractivity contribution is 0.171. The fourth-order valence-corrected chi connectivity index (χ4v) is 2.26. The van der Waals surface area contributed by atoms with Gasteiger partial charge in [0.05, 0.1) is 5.02 Å². The Bertz CT molecular complexity index is 658. The van der Waals surface area contributed by atoms with E-state index in [-0.39, 0.29) is 17.4 Å². The van der Waals surface area contributed by atoms with E-state index in [2.05, 4.69) is 0 Å². The van der Waals surface area contributed by atoms with Crippen molar-refractivity contribution in [1.29, 1.82) is 0 Å². The van der Waals surface area contributed by atoms with Crippen LogP contribution in [0, 0.1) is 5.82 Å². The van der Waals surface area contributed by atoms with Crippen LogP contribution in [0.5, 0.6) is 17.2 Å². The van der Waals surface area contributed by atoms with Crippen molar-refractivity contribution in [2.75, 3.05) is 18.9 Å². The molecule has 0 aliphatic carbocycles. The molecule has 0 fully saturated rings. The third-order valence-corrected chi connectivity index (χ3v) is 3.39. The average Bonchev–Trinajstić information content (AvgIpc) is 2.47. The molecule has 2 aromatic rings. The summed E-state index contributed by atoms with van der Waals surface area (Å²) in [5, 5.41) is 0.214. The van der Waals surface area contributed by atoms with E-state index in [0.717, 1.165) is 0 Å². The fraction of sp³-hybridized carbons (Fsp3) is 0.200. The van der Waals surface area contributed by atoms with Crippen LogP contribution in [-0.4, -0.2) is 13.2 Å². The summed E-state index contributed by atoms with van der Waals surface area (Å²) < 4.78 is 30.0. The molecule has 1 aliphatic heterocycles. The summed E-state index contributed by atoms with van der Waals surface area (Å²) in [5.41, 5.74) is 7.11. The summed E-state index contributed by atoms with van der Waals surface area (Å²) in [7, 11) is 0. The predicted octanol–water partition coefficient (Wildman–Crippen LogP) is 3.41. The molecule has 0 aromatic heterocycles. The molecule has 2 N–H and O–H groups in total. The quantitative estimate of drug-likeness (QED) is 0.883. The van der Waals surface area contributed by atoms with Crippen LogP contribution in [0.1, 0.15) is 5.56 Å². The number of para-hydroxylation sites is 1. The number of hydrogen-bond donors (Lipinski definition) is 1. The van der Waals surface area contributed by atoms with Gasteiger partial charge >= 0.3 is 0 Å². The van der Waals surface area contributed by atoms with E-state index in [1.54, 1.807) is 18.2 Å². The average molecular weight is 310 g/mol. The minimum absolute atomic E-state index is 0.00783. The number of hydrogen-bond acceptors (Lipinski definition) is 4. The van der Waals surface area contributed by atoms with Gasteiger partial charge in [-0.2, -0.15) is 0 Å². The zero-order valence-corrected chi connectivity index (χ0v) is 11.8. The molecule has 0 atom stereocenters. The molecule has 0 amide bonds. The minimum atomic E-state index is -0.515. The molecule has 0 bridgehead atoms. The van der Waals surface area contributed by atoms with Crippen molar-refractivity contribution in [3.8, 4) is 17.2 Å². The van der Waals surface area contributed by atoms with Gasteiger partial charge in [0.15, 0.2) is 23.1 Å². The number of nitrogens with two attached hydrogens (primary N) is 1. The Balaban J connectivity index is 1.82. The van der Waals surface area contributed by atoms with Crippen LogP contribution >= 0.6 is 11.6 Å². The molecule has 1 aliphatic rings. The van der Waals surface area contributed by atoms with Crippen LogP contribution in [-0.2, 0) is 6.61 Å². The second-order valence-corrected chi connectivity index (χ2v) is 4.94. The number of benzene rings is 2. The van der Waals surface area contributed by atoms with Gasteiger partial charge in [0.25, 0.3) is 0 Å². The van der Waals surface area contributed by atoms with Gasteiger partial charge in [0, 0.05) is 17.3 Å². The number of halogens is 2. The van der Waals surface area contributed by atoms with Gasteiger partial charge in [0.1, 0.15) is 19.8 Å². The largest absolute Gasteiger partial charge is 0.486 e. The van der Waals surface area contributed by atoms with Crippen LogP contribution in [0.15, 0.2) is 30.3 Å². The summed E-state index contributed by atoms with van der Waals surface area (Å²) in [6.07, 6.45) is 0. The topological polar surface area (TPSA) is 53.7 Å². The first kappa shape index (κ1) is 13.8. The molecular weight excluding hydrogens is 297 g/mol. The third kappa shape index (κ3) is 2.83. The second kappa shape index (κ2) is 5.69. The van der Waals surface area contributed by atoms with Crippen molar-refractivity contribution in [2.24, 2.45) is 0 Å². The Morgan fingerprint density at radius 1 is 1.19 bits per heavy atom. The number of anilines is 1. The first-order chi connectivity index (χ1) is 10.1. The summed E-state index contributed by atoms with van der Waals surface area (Å²) in [4.78, 5) is 0. The smallest absolute Gasteiger partial charge is 0.174 e. The maximum absolute atomic E-state index is 13.6. The van der Waals surface area contributed by atoms with Crippen LogP contribution in [0.25, 0.3) is 0 Å². The normalized spacial score (nSPS) is 13.0. The lowest BCUT2D eigenvalue weighted by atomic mass is 10.1. The molecule has 1 heterocycles. The van der Waals surface area contributed by atoms with E-state index in [4.69, 9.17) is 31.5 Å². The zero-order chi connectivity index (χ0) is 14.8. The summed E-state index contributed by atoms with van der Waals surface area (Å²) in [6, 6.07) is 7.78. The monoisotopic (exact) mass is 309 g/mol. The van der Waals surface area contributed by atoms with Crippen molar-refractivity contribution in [3.05, 3.63) is 46.7 Å². The molecule has 0 unspecified atom stereocenters. The highest BCUT2D eigenvalue weighted by Crippen LogP contribution is 2.35. The van der Waals surface area contributed by atoms with E-state index in [1.165, 1.54) is 12.1 Å². The highest BCUT2D eigenvalue weighted by Gasteiger charge is 2.16. The second-order valence-electron chi connectivity index (χ2n) is 4.53. The Kier molecular flexibility index (Phi) is 3.75. The Hall–Kier alpha value is -2.14. The maximum Gasteiger partial charge on any atom is 0.174 e. The van der Waals surface area contributed by atoms with Crippen LogP contribution < -0.4 is 19.9 Å². The highest BCUT2D eigenvalue weighted by atomic mass is 35.5. The van der Waals surface area contributed by atoms with Crippen LogP contribution in [0.4, 0.5) is 10.1 Å². The molecule has 2 aromatic carbocycles. The van der Waals surface area contributed by atoms with Crippen molar-refractivity contribution in [2.45, 2.75) is 6.61 Å². The maximum atomic E-state index is 13.6. The van der Waals surface area contributed by atoms with Gasteiger partial charge in [-0.15, -0.1) is 0 Å². The van der Waals surface area contributed by atoms with Gasteiger partial charge in [-0.05, 0) is 18.2 Å². The lowest BCUT2D eigenvalue weighted by Gasteiger charge is -2.20. The van der Waals surface area contributed by atoms with Crippen molar-refractivity contribution < 1.29 is 18.6 Å². The van der Waals surface area contributed by atoms with Crippen molar-refractivity contribution in [3.63, 3.8) is 0 Å². The first-order valence-corrected chi connectivity index (χ1v) is 6.78. The molecule has 3 rings (SSSR count). The fourth-order valence-electron chi connectivity index (χ4n) is 2.04. The molecule has 0 radical (unpaired) electrons. The Morgan fingerprint density at radius 3 is 2.62 bits per heavy atom. The number of nitrogen functional groups attached to an aromatic ring is 1. The van der Waals surface area contributed by atoms with E-state index < -0.39 is 5.82 Å². The Labute approximate surface area is 126 Å². The molecule has 6 heteroatoms. The molecule has 0 saturated heterocycles. The van der Waals surface area contributed by atoms with E-state index in [0.29, 0.717) is 36.0 Å². The standard InChI is InChI=1S/C15H13ClFNO3/c16-10-2-1-3-11(17)15(10)21-8-9-6-13-14(7-12(9)18)20-5-4-19-13/h1-3,6-7H,4-5,8,18H2. The first-order valence-electron chi connectivity index (χ1n) is 6.40. The lowest BCUT2D eigenvalue weighted by Crippen LogP contribution is -2.16. The number of fused-ring (bicyclic) bond motifs is 1. The van der Waals surface area contributed by atoms with Gasteiger partial charge in [-0.3, -0.25) is 0 Å². The molecule has 0 saturated carbocycles. The minimum Gasteiger partial charge on any atom is -0.486 e. The van der Waals surface area contributed by atoms with Crippen molar-refractivity contribution in [1.82, 2.24) is 0 Å². The van der Waals surface area contributed by atoms with E-state index in [9.17, 15) is 4.39 Å². The third-order valence-electron chi connectivity index (χ3n) is 3.09. The summed E-state index contributed by atoms with van der Waals surface area (Å²) >= 11 is 5.91. The van der Waals surface area contributed by atoms with Gasteiger partial charge in [-0.1, -0.05) is 17.7 Å². The van der Waals surface area contributed by atoms with Crippen molar-refractivity contribution >= 4 is 17.3 Å². The van der Waals surface area contributed by atoms with E-state index in [1.807, 2.05) is 0 Å². The molecule has 110 valence electrons. The molecule has 21 heavy (non-hydrogen) atoms. The van der Waals surface area contributed by atoms with Crippen LogP contribution in [0.2, 0.25) is 5.02 Å². The number of ether oxygens (including phenoxy) is 3.